The van der Waals surface area contributed by atoms with Crippen LogP contribution in [0.15, 0.2) is 0 Å². The molecule has 2 amide bonds. The lowest BCUT2D eigenvalue weighted by Gasteiger charge is -2.16. The first-order valence-electron chi connectivity index (χ1n) is 7.86. The summed E-state index contributed by atoms with van der Waals surface area (Å²) in [5.41, 5.74) is 5.23. The summed E-state index contributed by atoms with van der Waals surface area (Å²) in [6.45, 7) is 1.93. The number of carbonyl (C=O) groups excluding carboxylic acids is 2. The smallest absolute Gasteiger partial charge is 0.322 e. The fraction of sp³-hybridized carbons (Fsp3) is 0.714. The van der Waals surface area contributed by atoms with Gasteiger partial charge in [0.25, 0.3) is 0 Å². The van der Waals surface area contributed by atoms with Crippen LogP contribution in [0.1, 0.15) is 25.7 Å². The van der Waals surface area contributed by atoms with Crippen molar-refractivity contribution in [2.45, 2.75) is 37.8 Å². The van der Waals surface area contributed by atoms with Gasteiger partial charge in [-0.25, -0.2) is 0 Å². The van der Waals surface area contributed by atoms with Crippen LogP contribution in [0.25, 0.3) is 0 Å². The highest BCUT2D eigenvalue weighted by Crippen LogP contribution is 1.97. The molecule has 0 saturated carbocycles. The van der Waals surface area contributed by atoms with Crippen LogP contribution in [0.5, 0.6) is 0 Å². The number of hydrogen-bond donors (Lipinski definition) is 7. The molecule has 11 heteroatoms. The average Bonchev–Trinajstić information content (AvgIpc) is 3.14. The number of aliphatic carboxylic acids is 2. The molecule has 0 aromatic rings. The Morgan fingerprint density at radius 1 is 1.16 bits per heavy atom. The Labute approximate surface area is 151 Å². The summed E-state index contributed by atoms with van der Waals surface area (Å²) in [4.78, 5) is 43.7. The lowest BCUT2D eigenvalue weighted by Crippen LogP contribution is -2.49. The molecule has 0 unspecified atom stereocenters. The van der Waals surface area contributed by atoms with Crippen molar-refractivity contribution in [1.82, 2.24) is 16.0 Å². The van der Waals surface area contributed by atoms with Crippen molar-refractivity contribution in [2.75, 3.05) is 25.4 Å². The SMILES string of the molecule is C1CCNC1.N[C@@H](CCC(=O)N[C@@H](CS)C(=O)NCC(=O)O)C(=O)O. The van der Waals surface area contributed by atoms with Crippen molar-refractivity contribution < 1.29 is 29.4 Å². The molecular formula is C14H26N4O6S. The van der Waals surface area contributed by atoms with Crippen molar-refractivity contribution in [3.8, 4) is 0 Å². The molecule has 1 fully saturated rings. The molecular weight excluding hydrogens is 352 g/mol. The van der Waals surface area contributed by atoms with E-state index in [0.29, 0.717) is 0 Å². The predicted molar refractivity (Wildman–Crippen MR) is 93.4 cm³/mol. The molecule has 1 aliphatic heterocycles. The zero-order chi connectivity index (χ0) is 19.2. The van der Waals surface area contributed by atoms with Crippen molar-refractivity contribution in [2.24, 2.45) is 5.73 Å². The molecule has 0 aliphatic carbocycles. The number of rotatable bonds is 9. The van der Waals surface area contributed by atoms with Gasteiger partial charge in [0.2, 0.25) is 11.8 Å². The molecule has 1 heterocycles. The van der Waals surface area contributed by atoms with Crippen molar-refractivity contribution >= 4 is 36.4 Å². The molecule has 1 rings (SSSR count). The standard InChI is InChI=1S/C10H17N3O6S.C4H9N/c11-5(10(18)19)1-2-7(14)13-6(4-20)9(17)12-3-8(15)16;1-2-4-5-3-1/h5-6,20H,1-4,11H2,(H,12,17)(H,13,14)(H,15,16)(H,18,19);5H,1-4H2/t5-,6-;/m0./s1. The first-order valence-corrected chi connectivity index (χ1v) is 8.50. The predicted octanol–water partition coefficient (Wildman–Crippen LogP) is -1.84. The minimum Gasteiger partial charge on any atom is -0.480 e. The summed E-state index contributed by atoms with van der Waals surface area (Å²) in [6.07, 6.45) is 2.54. The minimum absolute atomic E-state index is 0.0256. The van der Waals surface area contributed by atoms with Gasteiger partial charge in [0.05, 0.1) is 0 Å². The fourth-order valence-electron chi connectivity index (χ4n) is 1.78. The van der Waals surface area contributed by atoms with E-state index in [1.165, 1.54) is 25.9 Å². The van der Waals surface area contributed by atoms with E-state index in [9.17, 15) is 19.2 Å². The minimum atomic E-state index is -1.22. The zero-order valence-electron chi connectivity index (χ0n) is 13.9. The summed E-state index contributed by atoms with van der Waals surface area (Å²) in [7, 11) is 0. The normalized spacial score (nSPS) is 15.3. The average molecular weight is 378 g/mol. The van der Waals surface area contributed by atoms with E-state index in [1.807, 2.05) is 0 Å². The molecule has 0 radical (unpaired) electrons. The second-order valence-electron chi connectivity index (χ2n) is 5.35. The maximum Gasteiger partial charge on any atom is 0.322 e. The van der Waals surface area contributed by atoms with Crippen LogP contribution in [0, 0.1) is 0 Å². The van der Waals surface area contributed by atoms with Gasteiger partial charge in [0.1, 0.15) is 18.6 Å². The first-order chi connectivity index (χ1) is 11.8. The molecule has 7 N–H and O–H groups in total. The lowest BCUT2D eigenvalue weighted by atomic mass is 10.1. The molecule has 2 atom stereocenters. The van der Waals surface area contributed by atoms with Gasteiger partial charge in [0, 0.05) is 12.2 Å². The Balaban J connectivity index is 0.000000972. The Morgan fingerprint density at radius 2 is 1.76 bits per heavy atom. The molecule has 144 valence electrons. The van der Waals surface area contributed by atoms with Gasteiger partial charge in [0.15, 0.2) is 0 Å². The van der Waals surface area contributed by atoms with E-state index in [4.69, 9.17) is 15.9 Å². The summed E-state index contributed by atoms with van der Waals surface area (Å²) < 4.78 is 0. The van der Waals surface area contributed by atoms with Gasteiger partial charge < -0.3 is 31.9 Å². The number of carboxylic acid groups (broad SMARTS) is 2. The van der Waals surface area contributed by atoms with Crippen molar-refractivity contribution in [3.63, 3.8) is 0 Å². The van der Waals surface area contributed by atoms with Crippen LogP contribution in [0.3, 0.4) is 0 Å². The summed E-state index contributed by atoms with van der Waals surface area (Å²) in [5.74, 6) is -3.70. The second kappa shape index (κ2) is 13.4. The molecule has 1 aliphatic rings. The van der Waals surface area contributed by atoms with E-state index in [0.717, 1.165) is 0 Å². The zero-order valence-corrected chi connectivity index (χ0v) is 14.8. The number of hydrogen-bond acceptors (Lipinski definition) is 7. The fourth-order valence-corrected chi connectivity index (χ4v) is 2.04. The Morgan fingerprint density at radius 3 is 2.16 bits per heavy atom. The summed E-state index contributed by atoms with van der Waals surface area (Å²) in [5, 5.41) is 24.6. The van der Waals surface area contributed by atoms with Crippen LogP contribution in [0.2, 0.25) is 0 Å². The van der Waals surface area contributed by atoms with E-state index < -0.39 is 42.4 Å². The number of nitrogens with two attached hydrogens (primary N) is 1. The topological polar surface area (TPSA) is 171 Å². The van der Waals surface area contributed by atoms with Crippen LogP contribution in [-0.4, -0.2) is 71.4 Å². The molecule has 0 spiro atoms. The van der Waals surface area contributed by atoms with Gasteiger partial charge in [-0.05, 0) is 32.4 Å². The quantitative estimate of drug-likeness (QED) is 0.229. The van der Waals surface area contributed by atoms with Gasteiger partial charge >= 0.3 is 11.9 Å². The van der Waals surface area contributed by atoms with Gasteiger partial charge in [-0.2, -0.15) is 12.6 Å². The highest BCUT2D eigenvalue weighted by molar-refractivity contribution is 7.80. The van der Waals surface area contributed by atoms with E-state index in [1.54, 1.807) is 0 Å². The molecule has 0 aromatic carbocycles. The Hall–Kier alpha value is -1.85. The maximum absolute atomic E-state index is 11.5. The van der Waals surface area contributed by atoms with E-state index >= 15 is 0 Å². The largest absolute Gasteiger partial charge is 0.480 e. The van der Waals surface area contributed by atoms with Gasteiger partial charge in [-0.15, -0.1) is 0 Å². The molecule has 10 nitrogen and oxygen atoms in total. The maximum atomic E-state index is 11.5. The highest BCUT2D eigenvalue weighted by atomic mass is 32.1. The second-order valence-corrected chi connectivity index (χ2v) is 5.72. The van der Waals surface area contributed by atoms with Gasteiger partial charge in [-0.1, -0.05) is 0 Å². The Kier molecular flexibility index (Phi) is 12.4. The number of amides is 2. The highest BCUT2D eigenvalue weighted by Gasteiger charge is 2.20. The molecule has 1 saturated heterocycles. The third kappa shape index (κ3) is 12.2. The molecule has 25 heavy (non-hydrogen) atoms. The van der Waals surface area contributed by atoms with Gasteiger partial charge in [-0.3, -0.25) is 19.2 Å². The monoisotopic (exact) mass is 378 g/mol. The number of thiol groups is 1. The third-order valence-electron chi connectivity index (χ3n) is 3.20. The van der Waals surface area contributed by atoms with Crippen LogP contribution < -0.4 is 21.7 Å². The third-order valence-corrected chi connectivity index (χ3v) is 3.57. The first kappa shape index (κ1) is 23.1. The number of carboxylic acids is 2. The lowest BCUT2D eigenvalue weighted by molar-refractivity contribution is -0.139. The van der Waals surface area contributed by atoms with Crippen molar-refractivity contribution in [1.29, 1.82) is 0 Å². The summed E-state index contributed by atoms with van der Waals surface area (Å²) >= 11 is 3.87. The van der Waals surface area contributed by atoms with E-state index in [-0.39, 0.29) is 18.6 Å². The van der Waals surface area contributed by atoms with Crippen LogP contribution in [-0.2, 0) is 19.2 Å². The Bertz CT molecular complexity index is 451. The molecule has 0 bridgehead atoms. The number of carbonyl (C=O) groups is 4. The van der Waals surface area contributed by atoms with E-state index in [2.05, 4.69) is 28.6 Å². The van der Waals surface area contributed by atoms with Crippen molar-refractivity contribution in [3.05, 3.63) is 0 Å². The number of nitrogens with one attached hydrogen (secondary N) is 3. The van der Waals surface area contributed by atoms with Crippen LogP contribution >= 0.6 is 12.6 Å². The summed E-state index contributed by atoms with van der Waals surface area (Å²) in [6, 6.07) is -2.15. The molecule has 0 aromatic heterocycles. The van der Waals surface area contributed by atoms with Crippen LogP contribution in [0.4, 0.5) is 0 Å².